The Kier molecular flexibility index (Phi) is 7.19. The van der Waals surface area contributed by atoms with E-state index in [2.05, 4.69) is 46.4 Å². The van der Waals surface area contributed by atoms with Crippen LogP contribution in [0.1, 0.15) is 107 Å². The standard InChI is InChI=1S/C36H58NO6/c1-9-37-16-17-41-26(19-37)43-25-12-13-35-20-36(35)15-14-33(7)27-21(2)18-22(29(38)32(5,6)40)42-28(27)30(39)34(33,8)24(36)11-10-23(35)31(25,3)4/h21,23,25-27,29-30,38-40H,9-20H2,1-8H3/t21-,23+,25?,26+,27+,29+,30+,33-,34-,35-,36+/m1/s1. The summed E-state index contributed by atoms with van der Waals surface area (Å²) in [7, 11) is 0. The van der Waals surface area contributed by atoms with Crippen LogP contribution in [0.5, 0.6) is 0 Å². The van der Waals surface area contributed by atoms with E-state index in [0.29, 0.717) is 23.9 Å². The molecule has 0 aromatic carbocycles. The normalized spacial score (nSPS) is 51.1. The van der Waals surface area contributed by atoms with Crippen molar-refractivity contribution in [2.75, 3.05) is 26.2 Å². The van der Waals surface area contributed by atoms with Gasteiger partial charge < -0.3 is 29.5 Å². The van der Waals surface area contributed by atoms with E-state index in [-0.39, 0.29) is 45.9 Å². The van der Waals surface area contributed by atoms with Gasteiger partial charge in [0.1, 0.15) is 18.3 Å². The fourth-order valence-electron chi connectivity index (χ4n) is 12.5. The Bertz CT molecular complexity index is 1090. The van der Waals surface area contributed by atoms with Gasteiger partial charge in [0.2, 0.25) is 0 Å². The first-order valence-corrected chi connectivity index (χ1v) is 17.4. The monoisotopic (exact) mass is 600 g/mol. The van der Waals surface area contributed by atoms with Crippen LogP contribution >= 0.6 is 0 Å². The minimum Gasteiger partial charge on any atom is -0.389 e. The predicted molar refractivity (Wildman–Crippen MR) is 164 cm³/mol. The Balaban J connectivity index is 1.14. The maximum atomic E-state index is 12.3. The number of ether oxygens (including phenoxy) is 3. The third-order valence-electron chi connectivity index (χ3n) is 14.8. The molecule has 2 heterocycles. The second-order valence-corrected chi connectivity index (χ2v) is 17.4. The average molecular weight is 601 g/mol. The van der Waals surface area contributed by atoms with Gasteiger partial charge in [-0.15, -0.1) is 0 Å². The van der Waals surface area contributed by atoms with E-state index >= 15 is 0 Å². The molecule has 243 valence electrons. The van der Waals surface area contributed by atoms with Crippen molar-refractivity contribution in [3.8, 4) is 0 Å². The molecule has 11 atom stereocenters. The lowest BCUT2D eigenvalue weighted by Crippen LogP contribution is -2.59. The van der Waals surface area contributed by atoms with Crippen molar-refractivity contribution in [2.45, 2.75) is 137 Å². The van der Waals surface area contributed by atoms with Crippen molar-refractivity contribution in [1.29, 1.82) is 0 Å². The Labute approximate surface area is 260 Å². The summed E-state index contributed by atoms with van der Waals surface area (Å²) in [6, 6.07) is 0. The number of likely N-dealkylation sites (N-methyl/N-ethyl adjacent to an activating group) is 1. The van der Waals surface area contributed by atoms with Gasteiger partial charge in [0.15, 0.2) is 6.29 Å². The molecule has 7 nitrogen and oxygen atoms in total. The second kappa shape index (κ2) is 9.87. The molecule has 0 amide bonds. The Morgan fingerprint density at radius 3 is 2.56 bits per heavy atom. The fourth-order valence-corrected chi connectivity index (χ4v) is 12.5. The zero-order valence-electron chi connectivity index (χ0n) is 28.0. The van der Waals surface area contributed by atoms with Crippen LogP contribution in [0, 0.1) is 63.0 Å². The second-order valence-electron chi connectivity index (χ2n) is 17.4. The van der Waals surface area contributed by atoms with E-state index in [0.717, 1.165) is 58.0 Å². The number of hydrogen-bond acceptors (Lipinski definition) is 7. The number of rotatable bonds is 5. The van der Waals surface area contributed by atoms with Gasteiger partial charge in [0.05, 0.1) is 24.4 Å². The largest absolute Gasteiger partial charge is 0.389 e. The first-order chi connectivity index (χ1) is 20.1. The summed E-state index contributed by atoms with van der Waals surface area (Å²) in [6.45, 7) is 21.0. The van der Waals surface area contributed by atoms with Crippen molar-refractivity contribution >= 4 is 0 Å². The molecule has 7 aliphatic rings. The molecular weight excluding hydrogens is 542 g/mol. The maximum absolute atomic E-state index is 12.3. The highest BCUT2D eigenvalue weighted by Crippen LogP contribution is 2.90. The zero-order chi connectivity index (χ0) is 31.0. The molecular formula is C36H58NO6. The average Bonchev–Trinajstić information content (AvgIpc) is 3.58. The van der Waals surface area contributed by atoms with Crippen molar-refractivity contribution in [1.82, 2.24) is 4.90 Å². The van der Waals surface area contributed by atoms with Crippen LogP contribution < -0.4 is 0 Å². The lowest BCUT2D eigenvalue weighted by molar-refractivity contribution is -0.243. The first-order valence-electron chi connectivity index (χ1n) is 17.4. The Morgan fingerprint density at radius 2 is 1.86 bits per heavy atom. The summed E-state index contributed by atoms with van der Waals surface area (Å²) in [5, 5.41) is 33.8. The van der Waals surface area contributed by atoms with E-state index in [1.807, 2.05) is 0 Å². The lowest BCUT2D eigenvalue weighted by Gasteiger charge is -2.63. The number of hydrogen-bond donors (Lipinski definition) is 3. The van der Waals surface area contributed by atoms with Crippen LogP contribution in [0.15, 0.2) is 0 Å². The summed E-state index contributed by atoms with van der Waals surface area (Å²) in [5.74, 6) is 2.59. The predicted octanol–water partition coefficient (Wildman–Crippen LogP) is 5.28. The number of aliphatic hydroxyl groups excluding tert-OH is 2. The summed E-state index contributed by atoms with van der Waals surface area (Å²) in [5.41, 5.74) is -1.18. The molecule has 5 saturated carbocycles. The van der Waals surface area contributed by atoms with E-state index in [4.69, 9.17) is 14.2 Å². The highest BCUT2D eigenvalue weighted by Gasteiger charge is 2.85. The van der Waals surface area contributed by atoms with Crippen molar-refractivity contribution in [2.24, 2.45) is 44.8 Å². The minimum absolute atomic E-state index is 0.0680. The van der Waals surface area contributed by atoms with Gasteiger partial charge in [-0.2, -0.15) is 0 Å². The van der Waals surface area contributed by atoms with Gasteiger partial charge in [-0.05, 0) is 111 Å². The minimum atomic E-state index is -1.29. The SMILES string of the molecule is CCN1CCO[C@@H](OC2CC[C@]34C[C@]35CC[C@]3(C)[C@@H]6[C](O[C]([C@H](O)C(C)(C)O)C[C@H]6C)[C@H](O)[C@@]3(C)[C]5CC[C@H]4C2(C)C)C1. The molecule has 1 unspecified atom stereocenters. The molecule has 0 aromatic heterocycles. The Morgan fingerprint density at radius 1 is 1.12 bits per heavy atom. The van der Waals surface area contributed by atoms with Crippen LogP contribution in [0.3, 0.4) is 0 Å². The molecule has 3 radical (unpaired) electrons. The smallest absolute Gasteiger partial charge is 0.170 e. The quantitative estimate of drug-likeness (QED) is 0.396. The van der Waals surface area contributed by atoms with Gasteiger partial charge in [0, 0.05) is 24.4 Å². The number of aliphatic hydroxyl groups is 3. The number of nitrogens with zero attached hydrogens (tertiary/aromatic N) is 1. The third kappa shape index (κ3) is 4.04. The Hall–Kier alpha value is -0.280. The summed E-state index contributed by atoms with van der Waals surface area (Å²) in [6.07, 6.45) is 8.19. The van der Waals surface area contributed by atoms with Crippen molar-refractivity contribution in [3.05, 3.63) is 18.1 Å². The van der Waals surface area contributed by atoms with E-state index in [1.54, 1.807) is 19.8 Å². The zero-order valence-corrected chi connectivity index (χ0v) is 28.0. The molecule has 2 spiro atoms. The molecule has 2 aliphatic heterocycles. The topological polar surface area (TPSA) is 91.6 Å². The number of fused-ring (bicyclic) bond motifs is 4. The van der Waals surface area contributed by atoms with Crippen LogP contribution in [-0.2, 0) is 14.2 Å². The third-order valence-corrected chi connectivity index (χ3v) is 14.8. The molecule has 7 rings (SSSR count). The van der Waals surface area contributed by atoms with Gasteiger partial charge in [-0.3, -0.25) is 4.90 Å². The van der Waals surface area contributed by atoms with Crippen LogP contribution in [-0.4, -0.2) is 76.7 Å². The first kappa shape index (κ1) is 31.3. The molecule has 5 aliphatic carbocycles. The van der Waals surface area contributed by atoms with Gasteiger partial charge >= 0.3 is 0 Å². The fraction of sp³-hybridized carbons (Fsp3) is 0.917. The van der Waals surface area contributed by atoms with Crippen LogP contribution in [0.2, 0.25) is 0 Å². The van der Waals surface area contributed by atoms with E-state index < -0.39 is 17.8 Å². The molecule has 7 fully saturated rings. The van der Waals surface area contributed by atoms with Crippen molar-refractivity contribution < 1.29 is 29.5 Å². The molecule has 2 saturated heterocycles. The molecule has 3 N–H and O–H groups in total. The lowest BCUT2D eigenvalue weighted by atomic mass is 9.41. The van der Waals surface area contributed by atoms with Gasteiger partial charge in [-0.25, -0.2) is 0 Å². The van der Waals surface area contributed by atoms with E-state index in [1.165, 1.54) is 19.3 Å². The van der Waals surface area contributed by atoms with Crippen LogP contribution in [0.25, 0.3) is 0 Å². The maximum Gasteiger partial charge on any atom is 0.170 e. The number of morpholine rings is 1. The summed E-state index contributed by atoms with van der Waals surface area (Å²) in [4.78, 5) is 2.43. The molecule has 0 aromatic rings. The molecule has 0 bridgehead atoms. The van der Waals surface area contributed by atoms with E-state index in [9.17, 15) is 15.3 Å². The van der Waals surface area contributed by atoms with Gasteiger partial charge in [-0.1, -0.05) is 41.5 Å². The highest BCUT2D eigenvalue weighted by molar-refractivity contribution is 5.45. The van der Waals surface area contributed by atoms with Crippen molar-refractivity contribution in [3.63, 3.8) is 0 Å². The van der Waals surface area contributed by atoms with Crippen LogP contribution in [0.4, 0.5) is 0 Å². The van der Waals surface area contributed by atoms with Gasteiger partial charge in [0.25, 0.3) is 0 Å². The molecule has 43 heavy (non-hydrogen) atoms. The molecule has 7 heteroatoms. The summed E-state index contributed by atoms with van der Waals surface area (Å²) >= 11 is 0. The highest BCUT2D eigenvalue weighted by atomic mass is 16.7. The summed E-state index contributed by atoms with van der Waals surface area (Å²) < 4.78 is 19.4.